The largest absolute Gasteiger partial charge is 0.468 e. The Kier molecular flexibility index (Phi) is 2.65. The highest BCUT2D eigenvalue weighted by Crippen LogP contribution is 2.76. The van der Waals surface area contributed by atoms with Gasteiger partial charge in [-0.1, -0.05) is 18.2 Å². The predicted octanol–water partition coefficient (Wildman–Crippen LogP) is 4.20. The van der Waals surface area contributed by atoms with Crippen molar-refractivity contribution in [3.8, 4) is 5.75 Å². The average Bonchev–Trinajstić information content (AvgIpc) is 2.31. The minimum Gasteiger partial charge on any atom is -0.468 e. The van der Waals surface area contributed by atoms with Crippen LogP contribution in [0.4, 0.5) is 0 Å². The molecule has 21 heavy (non-hydrogen) atoms. The minimum atomic E-state index is -0.934. The topological polar surface area (TPSA) is 36.9 Å². The molecule has 114 valence electrons. The van der Waals surface area contributed by atoms with Crippen LogP contribution in [0.2, 0.25) is 0 Å². The van der Waals surface area contributed by atoms with Crippen LogP contribution >= 0.6 is 8.15 Å². The quantitative estimate of drug-likeness (QED) is 0.767. The number of ether oxygens (including phenoxy) is 3. The van der Waals surface area contributed by atoms with Crippen LogP contribution in [0.3, 0.4) is 0 Å². The molecule has 0 amide bonds. The first-order chi connectivity index (χ1) is 9.75. The van der Waals surface area contributed by atoms with Gasteiger partial charge in [-0.15, -0.1) is 0 Å². The van der Waals surface area contributed by atoms with Gasteiger partial charge < -0.3 is 18.7 Å². The highest BCUT2D eigenvalue weighted by Gasteiger charge is 2.72. The molecule has 4 unspecified atom stereocenters. The summed E-state index contributed by atoms with van der Waals surface area (Å²) in [4.78, 5) is 0. The molecule has 4 fully saturated rings. The summed E-state index contributed by atoms with van der Waals surface area (Å²) in [6, 6.07) is 9.93. The minimum absolute atomic E-state index is 0.349. The van der Waals surface area contributed by atoms with E-state index in [-0.39, 0.29) is 10.7 Å². The summed E-state index contributed by atoms with van der Waals surface area (Å²) in [5.74, 6) is -0.275. The fourth-order valence-electron chi connectivity index (χ4n) is 4.34. The maximum absolute atomic E-state index is 6.35. The Morgan fingerprint density at radius 2 is 1.38 bits per heavy atom. The SMILES string of the molecule is CC12CC3(C)OC(C)(CC(C)(O1)P3Oc1ccccc1)O2. The van der Waals surface area contributed by atoms with Gasteiger partial charge >= 0.3 is 0 Å². The number of hydrogen-bond donors (Lipinski definition) is 0. The van der Waals surface area contributed by atoms with Gasteiger partial charge in [0.05, 0.1) is 0 Å². The zero-order chi connectivity index (χ0) is 14.9. The third-order valence-electron chi connectivity index (χ3n) is 4.40. The molecular formula is C16H21O4P. The van der Waals surface area contributed by atoms with Crippen LogP contribution in [0.5, 0.6) is 5.75 Å². The molecule has 5 heteroatoms. The average molecular weight is 308 g/mol. The zero-order valence-corrected chi connectivity index (χ0v) is 13.8. The second-order valence-electron chi connectivity index (χ2n) is 6.98. The monoisotopic (exact) mass is 308 g/mol. The molecule has 0 radical (unpaired) electrons. The summed E-state index contributed by atoms with van der Waals surface area (Å²) >= 11 is 0. The van der Waals surface area contributed by atoms with E-state index in [1.54, 1.807) is 0 Å². The van der Waals surface area contributed by atoms with Gasteiger partial charge in [0, 0.05) is 12.8 Å². The van der Waals surface area contributed by atoms with Crippen LogP contribution < -0.4 is 4.52 Å². The number of hydrogen-bond acceptors (Lipinski definition) is 4. The Labute approximate surface area is 126 Å². The molecule has 0 saturated carbocycles. The van der Waals surface area contributed by atoms with Gasteiger partial charge in [0.15, 0.2) is 19.7 Å². The maximum Gasteiger partial charge on any atom is 0.173 e. The maximum atomic E-state index is 6.35. The molecule has 4 saturated heterocycles. The summed E-state index contributed by atoms with van der Waals surface area (Å²) in [5.41, 5.74) is 0. The summed E-state index contributed by atoms with van der Waals surface area (Å²) in [5, 5.41) is -0.698. The highest BCUT2D eigenvalue weighted by atomic mass is 31.1. The van der Waals surface area contributed by atoms with Gasteiger partial charge in [-0.25, -0.2) is 0 Å². The van der Waals surface area contributed by atoms with Crippen molar-refractivity contribution in [2.45, 2.75) is 62.8 Å². The van der Waals surface area contributed by atoms with Crippen molar-refractivity contribution >= 4 is 8.15 Å². The molecule has 5 rings (SSSR count). The third kappa shape index (κ3) is 2.04. The van der Waals surface area contributed by atoms with Crippen LogP contribution in [0, 0.1) is 0 Å². The summed E-state index contributed by atoms with van der Waals surface area (Å²) in [7, 11) is -0.934. The Bertz CT molecular complexity index is 531. The van der Waals surface area contributed by atoms with Crippen LogP contribution in [0.25, 0.3) is 0 Å². The van der Waals surface area contributed by atoms with E-state index in [1.807, 2.05) is 44.2 Å². The highest BCUT2D eigenvalue weighted by molar-refractivity contribution is 7.56. The van der Waals surface area contributed by atoms with Crippen molar-refractivity contribution in [3.05, 3.63) is 30.3 Å². The second-order valence-corrected chi connectivity index (χ2v) is 9.64. The second kappa shape index (κ2) is 3.99. The van der Waals surface area contributed by atoms with Crippen LogP contribution in [-0.4, -0.2) is 22.3 Å². The van der Waals surface area contributed by atoms with Gasteiger partial charge in [-0.05, 0) is 39.8 Å². The summed E-state index contributed by atoms with van der Waals surface area (Å²) in [6.07, 6.45) is 1.40. The number of rotatable bonds is 2. The fraction of sp³-hybridized carbons (Fsp3) is 0.625. The van der Waals surface area contributed by atoms with Crippen LogP contribution in [0.1, 0.15) is 40.5 Å². The fourth-order valence-corrected chi connectivity index (χ4v) is 7.48. The van der Waals surface area contributed by atoms with Crippen molar-refractivity contribution in [1.82, 2.24) is 0 Å². The van der Waals surface area contributed by atoms with Crippen LogP contribution in [-0.2, 0) is 14.2 Å². The number of benzene rings is 1. The van der Waals surface area contributed by atoms with E-state index in [1.165, 1.54) is 0 Å². The lowest BCUT2D eigenvalue weighted by atomic mass is 9.98. The van der Waals surface area contributed by atoms with E-state index >= 15 is 0 Å². The predicted molar refractivity (Wildman–Crippen MR) is 80.1 cm³/mol. The van der Waals surface area contributed by atoms with Gasteiger partial charge in [-0.2, -0.15) is 0 Å². The zero-order valence-electron chi connectivity index (χ0n) is 12.9. The molecule has 4 aliphatic rings. The molecule has 4 aliphatic heterocycles. The van der Waals surface area contributed by atoms with Gasteiger partial charge in [-0.3, -0.25) is 0 Å². The van der Waals surface area contributed by atoms with E-state index in [2.05, 4.69) is 13.8 Å². The lowest BCUT2D eigenvalue weighted by Gasteiger charge is -2.68. The van der Waals surface area contributed by atoms with Gasteiger partial charge in [0.2, 0.25) is 0 Å². The lowest BCUT2D eigenvalue weighted by Crippen LogP contribution is -2.71. The molecule has 4 bridgehead atoms. The summed E-state index contributed by atoms with van der Waals surface area (Å²) < 4.78 is 25.0. The Hall–Kier alpha value is -0.670. The first-order valence-electron chi connectivity index (χ1n) is 7.38. The Morgan fingerprint density at radius 3 is 1.90 bits per heavy atom. The standard InChI is InChI=1S/C16H21O4P/c1-13-10-15(3)20-14(2,18-13)11-16(4,19-13)21(15)17-12-8-6-5-7-9-12/h5-9H,10-11H2,1-4H3. The van der Waals surface area contributed by atoms with Crippen LogP contribution in [0.15, 0.2) is 30.3 Å². The normalized spacial score (nSPS) is 51.1. The van der Waals surface area contributed by atoms with Gasteiger partial charge in [0.25, 0.3) is 0 Å². The molecule has 4 nitrogen and oxygen atoms in total. The van der Waals surface area contributed by atoms with E-state index in [0.717, 1.165) is 5.75 Å². The molecule has 0 aromatic heterocycles. The molecule has 0 N–H and O–H groups in total. The van der Waals surface area contributed by atoms with E-state index in [4.69, 9.17) is 18.7 Å². The van der Waals surface area contributed by atoms with E-state index < -0.39 is 19.7 Å². The molecule has 4 heterocycles. The first kappa shape index (κ1) is 14.0. The first-order valence-corrected chi connectivity index (χ1v) is 8.64. The van der Waals surface area contributed by atoms with Crippen molar-refractivity contribution < 1.29 is 18.7 Å². The number of para-hydroxylation sites is 1. The molecule has 1 aromatic carbocycles. The smallest absolute Gasteiger partial charge is 0.173 e. The molecular weight excluding hydrogens is 287 g/mol. The Morgan fingerprint density at radius 1 is 0.857 bits per heavy atom. The Balaban J connectivity index is 1.73. The van der Waals surface area contributed by atoms with Crippen molar-refractivity contribution in [2.75, 3.05) is 0 Å². The van der Waals surface area contributed by atoms with Crippen molar-refractivity contribution in [1.29, 1.82) is 0 Å². The lowest BCUT2D eigenvalue weighted by molar-refractivity contribution is -0.469. The van der Waals surface area contributed by atoms with E-state index in [0.29, 0.717) is 12.8 Å². The molecule has 0 spiro atoms. The molecule has 0 aliphatic carbocycles. The summed E-state index contributed by atoms with van der Waals surface area (Å²) in [6.45, 7) is 8.30. The van der Waals surface area contributed by atoms with Crippen molar-refractivity contribution in [3.63, 3.8) is 0 Å². The molecule has 1 aromatic rings. The molecule has 4 atom stereocenters. The third-order valence-corrected chi connectivity index (χ3v) is 7.01. The van der Waals surface area contributed by atoms with Crippen molar-refractivity contribution in [2.24, 2.45) is 0 Å². The van der Waals surface area contributed by atoms with E-state index in [9.17, 15) is 0 Å². The van der Waals surface area contributed by atoms with Gasteiger partial charge in [0.1, 0.15) is 16.4 Å².